The van der Waals surface area contributed by atoms with Crippen molar-refractivity contribution in [1.29, 1.82) is 0 Å². The van der Waals surface area contributed by atoms with Gasteiger partial charge in [-0.05, 0) is 84.0 Å². The number of benzene rings is 1. The Morgan fingerprint density at radius 3 is 2.74 bits per heavy atom. The molecule has 1 aromatic heterocycles. The fraction of sp³-hybridized carbons (Fsp3) is 0.476. The SMILES string of the molecule is CN1CCCc2cc([C@@H](CNC(=O)c3ccc(Br)o3)N3CCCC3)ccc21. The van der Waals surface area contributed by atoms with Crippen LogP contribution in [0.4, 0.5) is 5.69 Å². The second-order valence-corrected chi connectivity index (χ2v) is 8.27. The van der Waals surface area contributed by atoms with Crippen molar-refractivity contribution >= 4 is 27.5 Å². The Hall–Kier alpha value is -1.79. The maximum Gasteiger partial charge on any atom is 0.287 e. The van der Waals surface area contributed by atoms with Crippen LogP contribution in [0.5, 0.6) is 0 Å². The predicted octanol–water partition coefficient (Wildman–Crippen LogP) is 3.99. The molecule has 2 aliphatic rings. The molecule has 1 aromatic carbocycles. The summed E-state index contributed by atoms with van der Waals surface area (Å²) in [6.07, 6.45) is 4.78. The van der Waals surface area contributed by atoms with E-state index in [-0.39, 0.29) is 11.9 Å². The summed E-state index contributed by atoms with van der Waals surface area (Å²) < 4.78 is 5.95. The zero-order chi connectivity index (χ0) is 18.8. The first-order valence-corrected chi connectivity index (χ1v) is 10.5. The lowest BCUT2D eigenvalue weighted by atomic mass is 9.96. The maximum absolute atomic E-state index is 12.4. The van der Waals surface area contributed by atoms with Gasteiger partial charge in [-0.25, -0.2) is 0 Å². The second-order valence-electron chi connectivity index (χ2n) is 7.49. The first-order valence-electron chi connectivity index (χ1n) is 9.73. The number of halogens is 1. The van der Waals surface area contributed by atoms with E-state index in [1.165, 1.54) is 36.1 Å². The second kappa shape index (κ2) is 8.07. The highest BCUT2D eigenvalue weighted by atomic mass is 79.9. The summed E-state index contributed by atoms with van der Waals surface area (Å²) in [5.41, 5.74) is 4.06. The summed E-state index contributed by atoms with van der Waals surface area (Å²) in [4.78, 5) is 17.3. The molecule has 144 valence electrons. The number of carbonyl (C=O) groups is 1. The smallest absolute Gasteiger partial charge is 0.287 e. The van der Waals surface area contributed by atoms with E-state index >= 15 is 0 Å². The molecule has 0 spiro atoms. The third-order valence-corrected chi connectivity index (χ3v) is 6.10. The summed E-state index contributed by atoms with van der Waals surface area (Å²) in [5, 5.41) is 3.07. The predicted molar refractivity (Wildman–Crippen MR) is 110 cm³/mol. The van der Waals surface area contributed by atoms with E-state index in [9.17, 15) is 4.79 Å². The van der Waals surface area contributed by atoms with Gasteiger partial charge in [0.05, 0.1) is 6.04 Å². The van der Waals surface area contributed by atoms with Crippen LogP contribution in [0.15, 0.2) is 39.4 Å². The zero-order valence-corrected chi connectivity index (χ0v) is 17.3. The lowest BCUT2D eigenvalue weighted by Gasteiger charge is -2.31. The van der Waals surface area contributed by atoms with Crippen LogP contribution in [0.25, 0.3) is 0 Å². The van der Waals surface area contributed by atoms with Crippen LogP contribution < -0.4 is 10.2 Å². The van der Waals surface area contributed by atoms with E-state index in [0.29, 0.717) is 17.0 Å². The number of anilines is 1. The van der Waals surface area contributed by atoms with Gasteiger partial charge in [0.15, 0.2) is 10.4 Å². The van der Waals surface area contributed by atoms with Gasteiger partial charge in [-0.1, -0.05) is 12.1 Å². The highest BCUT2D eigenvalue weighted by Crippen LogP contribution is 2.32. The van der Waals surface area contributed by atoms with Crippen LogP contribution in [0, 0.1) is 0 Å². The van der Waals surface area contributed by atoms with Gasteiger partial charge in [0.1, 0.15) is 0 Å². The van der Waals surface area contributed by atoms with Crippen molar-refractivity contribution in [2.24, 2.45) is 0 Å². The molecule has 0 aliphatic carbocycles. The largest absolute Gasteiger partial charge is 0.444 e. The number of amides is 1. The molecular weight excluding hydrogens is 406 g/mol. The number of furan rings is 1. The van der Waals surface area contributed by atoms with Crippen LogP contribution >= 0.6 is 15.9 Å². The fourth-order valence-electron chi connectivity index (χ4n) is 4.24. The van der Waals surface area contributed by atoms with Crippen molar-refractivity contribution in [2.45, 2.75) is 31.7 Å². The quantitative estimate of drug-likeness (QED) is 0.777. The number of hydrogen-bond acceptors (Lipinski definition) is 4. The van der Waals surface area contributed by atoms with Gasteiger partial charge in [-0.15, -0.1) is 0 Å². The van der Waals surface area contributed by atoms with Gasteiger partial charge in [-0.2, -0.15) is 0 Å². The van der Waals surface area contributed by atoms with Gasteiger partial charge in [0.25, 0.3) is 5.91 Å². The average molecular weight is 432 g/mol. The number of likely N-dealkylation sites (tertiary alicyclic amines) is 1. The number of carbonyl (C=O) groups excluding carboxylic acids is 1. The van der Waals surface area contributed by atoms with Crippen molar-refractivity contribution in [3.63, 3.8) is 0 Å². The Labute approximate surface area is 168 Å². The molecular formula is C21H26BrN3O2. The Balaban J connectivity index is 1.53. The standard InChI is InChI=1S/C21H26BrN3O2/c1-24-10-4-5-15-13-16(6-7-17(15)24)18(25-11-2-3-12-25)14-23-21(26)19-8-9-20(22)27-19/h6-9,13,18H,2-5,10-12,14H2,1H3,(H,23,26)/t18-/m1/s1. The Bertz CT molecular complexity index is 814. The number of rotatable bonds is 5. The zero-order valence-electron chi connectivity index (χ0n) is 15.7. The number of aryl methyl sites for hydroxylation is 1. The van der Waals surface area contributed by atoms with Gasteiger partial charge >= 0.3 is 0 Å². The normalized spacial score (nSPS) is 18.4. The van der Waals surface area contributed by atoms with Crippen molar-refractivity contribution in [3.8, 4) is 0 Å². The summed E-state index contributed by atoms with van der Waals surface area (Å²) in [5.74, 6) is 0.178. The molecule has 1 fully saturated rings. The number of nitrogens with one attached hydrogen (secondary N) is 1. The van der Waals surface area contributed by atoms with E-state index in [4.69, 9.17) is 4.42 Å². The molecule has 3 heterocycles. The first-order chi connectivity index (χ1) is 13.1. The molecule has 4 rings (SSSR count). The molecule has 2 aliphatic heterocycles. The molecule has 1 N–H and O–H groups in total. The molecule has 27 heavy (non-hydrogen) atoms. The van der Waals surface area contributed by atoms with Crippen LogP contribution in [0.1, 0.15) is 47.0 Å². The minimum Gasteiger partial charge on any atom is -0.444 e. The minimum absolute atomic E-state index is 0.164. The fourth-order valence-corrected chi connectivity index (χ4v) is 4.54. The highest BCUT2D eigenvalue weighted by molar-refractivity contribution is 9.10. The van der Waals surface area contributed by atoms with Crippen LogP contribution in [0.2, 0.25) is 0 Å². The van der Waals surface area contributed by atoms with Crippen LogP contribution in [0.3, 0.4) is 0 Å². The molecule has 1 atom stereocenters. The van der Waals surface area contributed by atoms with Gasteiger partial charge in [-0.3, -0.25) is 9.69 Å². The first kappa shape index (κ1) is 18.6. The summed E-state index contributed by atoms with van der Waals surface area (Å²) >= 11 is 3.25. The molecule has 1 saturated heterocycles. The van der Waals surface area contributed by atoms with Gasteiger partial charge < -0.3 is 14.6 Å². The maximum atomic E-state index is 12.4. The van der Waals surface area contributed by atoms with E-state index < -0.39 is 0 Å². The molecule has 0 saturated carbocycles. The molecule has 6 heteroatoms. The number of nitrogens with zero attached hydrogens (tertiary/aromatic N) is 2. The minimum atomic E-state index is -0.164. The van der Waals surface area contributed by atoms with E-state index in [1.807, 2.05) is 0 Å². The van der Waals surface area contributed by atoms with Crippen molar-refractivity contribution in [1.82, 2.24) is 10.2 Å². The van der Waals surface area contributed by atoms with E-state index in [1.54, 1.807) is 12.1 Å². The highest BCUT2D eigenvalue weighted by Gasteiger charge is 2.26. The molecule has 1 amide bonds. The third kappa shape index (κ3) is 4.06. The molecule has 0 unspecified atom stereocenters. The summed E-state index contributed by atoms with van der Waals surface area (Å²) in [6, 6.07) is 10.5. The number of fused-ring (bicyclic) bond motifs is 1. The molecule has 5 nitrogen and oxygen atoms in total. The van der Waals surface area contributed by atoms with Crippen molar-refractivity contribution in [3.05, 3.63) is 51.9 Å². The Morgan fingerprint density at radius 2 is 2.00 bits per heavy atom. The monoisotopic (exact) mass is 431 g/mol. The third-order valence-electron chi connectivity index (χ3n) is 5.67. The van der Waals surface area contributed by atoms with Gasteiger partial charge in [0.2, 0.25) is 0 Å². The van der Waals surface area contributed by atoms with Crippen LogP contribution in [-0.2, 0) is 6.42 Å². The van der Waals surface area contributed by atoms with E-state index in [0.717, 1.165) is 26.1 Å². The summed E-state index contributed by atoms with van der Waals surface area (Å²) in [7, 11) is 2.16. The lowest BCUT2D eigenvalue weighted by Crippen LogP contribution is -2.37. The van der Waals surface area contributed by atoms with Gasteiger partial charge in [0, 0.05) is 25.8 Å². The van der Waals surface area contributed by atoms with Crippen molar-refractivity contribution in [2.75, 3.05) is 38.1 Å². The van der Waals surface area contributed by atoms with Crippen LogP contribution in [-0.4, -0.2) is 44.0 Å². The topological polar surface area (TPSA) is 48.7 Å². The Kier molecular flexibility index (Phi) is 5.55. The molecule has 0 radical (unpaired) electrons. The lowest BCUT2D eigenvalue weighted by molar-refractivity contribution is 0.0909. The van der Waals surface area contributed by atoms with Crippen molar-refractivity contribution < 1.29 is 9.21 Å². The molecule has 2 aromatic rings. The Morgan fingerprint density at radius 1 is 1.19 bits per heavy atom. The van der Waals surface area contributed by atoms with E-state index in [2.05, 4.69) is 56.3 Å². The number of hydrogen-bond donors (Lipinski definition) is 1. The summed E-state index contributed by atoms with van der Waals surface area (Å²) in [6.45, 7) is 3.89. The average Bonchev–Trinajstić information content (AvgIpc) is 3.34. The molecule has 0 bridgehead atoms.